The first-order valence-corrected chi connectivity index (χ1v) is 43.8. The predicted octanol–water partition coefficient (Wildman–Crippen LogP) is -7.46. The number of guanidine groups is 3. The molecule has 0 radical (unpaired) electrons. The molecule has 44 heteroatoms. The van der Waals surface area contributed by atoms with Gasteiger partial charge in [-0.15, -0.1) is 0 Å². The van der Waals surface area contributed by atoms with Crippen LogP contribution in [0.4, 0.5) is 0 Å². The molecule has 121 heavy (non-hydrogen) atoms. The van der Waals surface area contributed by atoms with E-state index in [4.69, 9.17) is 73.7 Å². The van der Waals surface area contributed by atoms with E-state index in [9.17, 15) is 57.5 Å². The largest absolute Gasteiger partial charge is 0.370 e. The van der Waals surface area contributed by atoms with Gasteiger partial charge in [0.2, 0.25) is 59.1 Å². The van der Waals surface area contributed by atoms with Gasteiger partial charge >= 0.3 is 0 Å². The van der Waals surface area contributed by atoms with Gasteiger partial charge in [-0.1, -0.05) is 19.3 Å². The Morgan fingerprint density at radius 2 is 0.793 bits per heavy atom. The van der Waals surface area contributed by atoms with Crippen molar-refractivity contribution in [2.45, 2.75) is 291 Å². The van der Waals surface area contributed by atoms with Crippen LogP contribution < -0.4 is 137 Å². The van der Waals surface area contributed by atoms with Crippen molar-refractivity contribution in [2.24, 2.45) is 57.4 Å². The maximum Gasteiger partial charge on any atom is 0.259 e. The molecule has 0 spiro atoms. The Balaban J connectivity index is 1.55. The minimum absolute atomic E-state index is 0.0491. The molecule has 0 saturated carbocycles. The van der Waals surface area contributed by atoms with E-state index < -0.39 is 126 Å². The Hall–Kier alpha value is -8.99. The number of likely N-dealkylation sites (tertiary alicyclic amines) is 3. The second-order valence-corrected chi connectivity index (χ2v) is 32.3. The molecule has 4 aliphatic rings. The number of unbranched alkanes of at least 4 members (excludes halogenated alkanes) is 6. The lowest BCUT2D eigenvalue weighted by Crippen LogP contribution is -2.61. The first kappa shape index (κ1) is 104. The molecule has 44 nitrogen and oxygen atoms in total. The summed E-state index contributed by atoms with van der Waals surface area (Å²) in [4.78, 5) is 176. The highest BCUT2D eigenvalue weighted by Gasteiger charge is 2.39. The summed E-state index contributed by atoms with van der Waals surface area (Å²) in [7, 11) is 0. The van der Waals surface area contributed by atoms with Crippen LogP contribution in [0.25, 0.3) is 0 Å². The molecule has 12 amide bonds. The van der Waals surface area contributed by atoms with Gasteiger partial charge in [0.05, 0.1) is 24.7 Å². The molecule has 4 rings (SSSR count). The fourth-order valence-corrected chi connectivity index (χ4v) is 15.4. The fourth-order valence-electron chi connectivity index (χ4n) is 15.4. The first-order chi connectivity index (χ1) is 57.9. The second kappa shape index (κ2) is 58.9. The monoisotopic (exact) mass is 1720 g/mol. The number of hydrogen-bond donors (Lipinski definition) is 28. The Bertz CT molecular complexity index is 3240. The van der Waals surface area contributed by atoms with Crippen LogP contribution in [0, 0.1) is 16.2 Å². The maximum atomic E-state index is 14.6. The normalized spacial score (nSPS) is 22.0. The number of nitrogens with one attached hydrogen (secondary N) is 18. The first-order valence-electron chi connectivity index (χ1n) is 43.8. The number of nitrogens with two attached hydrogens (primary N) is 10. The Morgan fingerprint density at radius 1 is 0.421 bits per heavy atom. The van der Waals surface area contributed by atoms with Crippen molar-refractivity contribution in [3.8, 4) is 0 Å². The number of hydrazine groups is 2. The van der Waals surface area contributed by atoms with Crippen LogP contribution in [0.1, 0.15) is 206 Å². The molecule has 4 aliphatic heterocycles. The molecule has 0 aromatic heterocycles. The summed E-state index contributed by atoms with van der Waals surface area (Å²) < 4.78 is 0. The molecule has 0 aromatic rings. The third kappa shape index (κ3) is 41.2. The summed E-state index contributed by atoms with van der Waals surface area (Å²) in [6, 6.07) is -12.1. The lowest BCUT2D eigenvalue weighted by Gasteiger charge is -2.31. The SMILES string of the molecule is C[C@H]1NC(=O)[C@H](CCCCNNC(=O)[C@H](CCCNC(=N)N)NC(=O)[C@@H]2CCCN2C[C@@H](N)CCCCN)N(N)C(=O)[C@@H](C)NC(=O)[C@H](CCCCNC(=O)C(CCCNC(=N)N)NC(=O)[C@@H]2CCCN2C[C@@H](N)CCCCN)NC(=O)CNC(=O)[C@H](CCCCNC(=O)[C@H](CCCNC(=N)N)NC(=O)[C@@H]2CCCN2C[C@@H](N)CCCCN)NC1=O. The van der Waals surface area contributed by atoms with E-state index in [0.29, 0.717) is 102 Å². The van der Waals surface area contributed by atoms with Crippen LogP contribution in [0.3, 0.4) is 0 Å². The summed E-state index contributed by atoms with van der Waals surface area (Å²) in [6.45, 7) is 8.03. The lowest BCUT2D eigenvalue weighted by atomic mass is 10.1. The number of carbonyl (C=O) groups is 12. The van der Waals surface area contributed by atoms with Gasteiger partial charge in [0.25, 0.3) is 11.8 Å². The number of amides is 12. The zero-order chi connectivity index (χ0) is 89.2. The molecule has 4 saturated heterocycles. The van der Waals surface area contributed by atoms with E-state index in [-0.39, 0.29) is 170 Å². The van der Waals surface area contributed by atoms with E-state index in [2.05, 4.69) is 80.0 Å². The molecule has 0 aliphatic carbocycles. The molecular weight excluding hydrogens is 1570 g/mol. The molecule has 4 heterocycles. The van der Waals surface area contributed by atoms with E-state index in [0.717, 1.165) is 77.0 Å². The molecule has 4 fully saturated rings. The third-order valence-electron chi connectivity index (χ3n) is 22.1. The van der Waals surface area contributed by atoms with Crippen LogP contribution >= 0.6 is 0 Å². The van der Waals surface area contributed by atoms with Gasteiger partial charge in [-0.05, 0) is 226 Å². The van der Waals surface area contributed by atoms with Crippen molar-refractivity contribution < 1.29 is 57.5 Å². The Labute approximate surface area is 712 Å². The molecule has 38 N–H and O–H groups in total. The summed E-state index contributed by atoms with van der Waals surface area (Å²) in [5.41, 5.74) is 58.5. The highest BCUT2D eigenvalue weighted by Crippen LogP contribution is 2.23. The maximum absolute atomic E-state index is 14.6. The molecular formula is C77H150N32O12. The summed E-state index contributed by atoms with van der Waals surface area (Å²) >= 11 is 0. The average molecular weight is 1720 g/mol. The van der Waals surface area contributed by atoms with Crippen LogP contribution in [-0.4, -0.2) is 298 Å². The zero-order valence-corrected chi connectivity index (χ0v) is 71.6. The average Bonchev–Trinajstić information content (AvgIpc) is 1.82. The van der Waals surface area contributed by atoms with Gasteiger partial charge in [-0.3, -0.25) is 98.9 Å². The van der Waals surface area contributed by atoms with Gasteiger partial charge < -0.3 is 121 Å². The number of carbonyl (C=O) groups excluding carboxylic acids is 12. The lowest BCUT2D eigenvalue weighted by molar-refractivity contribution is -0.144. The van der Waals surface area contributed by atoms with E-state index in [1.54, 1.807) is 0 Å². The highest BCUT2D eigenvalue weighted by atomic mass is 16.2. The molecule has 0 bridgehead atoms. The standard InChI is InChI=1S/C77H150N32O12/c1-49-64(111)101-54(24-6-12-36-91-65(112)55(26-15-38-93-75(84)85)102-70(117)59-30-18-42-106(59)46-51(81)21-3-9-33-78)67(114)96-45-63(110)100-57(25-7-13-37-92-66(113)56(27-16-39-94-76(86)87)103-71(118)60-31-19-43-107(60)47-52(82)22-4-10-34-79)68(115)99-50(2)74(121)109(90)62(73(120)98-49)29-8-14-41-97-105-69(116)58(28-17-40-95-77(88)89)104-72(119)61-32-20-44-108(61)48-53(83)23-5-11-35-80/h49-62,97H,3-48,78-83,90H2,1-2H3,(H,91,112)(H,92,113)(H,96,114)(H,98,120)(H,99,115)(H,100,110)(H,101,111)(H,102,117)(H,103,118)(H,104,119)(H,105,116)(H4,84,85,93)(H4,86,87,94)(H4,88,89,95)/t49-,50-,51+,52+,53+,54+,55+,56?,57+,58+,59+,60+,61+,62+/m1/s1. The van der Waals surface area contributed by atoms with Crippen molar-refractivity contribution in [1.29, 1.82) is 16.2 Å². The van der Waals surface area contributed by atoms with Crippen LogP contribution in [0.2, 0.25) is 0 Å². The Morgan fingerprint density at radius 3 is 1.20 bits per heavy atom. The predicted molar refractivity (Wildman–Crippen MR) is 460 cm³/mol. The van der Waals surface area contributed by atoms with Gasteiger partial charge in [0, 0.05) is 77.0 Å². The van der Waals surface area contributed by atoms with Crippen molar-refractivity contribution in [1.82, 2.24) is 99.7 Å². The van der Waals surface area contributed by atoms with E-state index in [1.807, 2.05) is 14.7 Å². The van der Waals surface area contributed by atoms with Gasteiger partial charge in [-0.25, -0.2) is 11.3 Å². The molecule has 14 atom stereocenters. The smallest absolute Gasteiger partial charge is 0.259 e. The third-order valence-corrected chi connectivity index (χ3v) is 22.1. The van der Waals surface area contributed by atoms with Gasteiger partial charge in [0.15, 0.2) is 17.9 Å². The summed E-state index contributed by atoms with van der Waals surface area (Å²) in [5.74, 6) is -1.93. The van der Waals surface area contributed by atoms with E-state index in [1.165, 1.54) is 13.8 Å². The second-order valence-electron chi connectivity index (χ2n) is 32.3. The number of rotatable bonds is 55. The van der Waals surface area contributed by atoms with Gasteiger partial charge in [-0.2, -0.15) is 0 Å². The van der Waals surface area contributed by atoms with Crippen LogP contribution in [0.15, 0.2) is 0 Å². The summed E-state index contributed by atoms with van der Waals surface area (Å²) in [6.07, 6.45) is 13.8. The quantitative estimate of drug-likeness (QED) is 0.00672. The topological polar surface area (TPSA) is 730 Å². The van der Waals surface area contributed by atoms with Gasteiger partial charge in [0.1, 0.15) is 48.3 Å². The number of nitrogens with zero attached hydrogens (tertiary/aromatic N) is 4. The van der Waals surface area contributed by atoms with Crippen LogP contribution in [0.5, 0.6) is 0 Å². The van der Waals surface area contributed by atoms with Crippen molar-refractivity contribution in [3.63, 3.8) is 0 Å². The molecule has 690 valence electrons. The minimum Gasteiger partial charge on any atom is -0.370 e. The van der Waals surface area contributed by atoms with Crippen molar-refractivity contribution in [3.05, 3.63) is 0 Å². The van der Waals surface area contributed by atoms with Crippen molar-refractivity contribution >= 4 is 88.8 Å². The van der Waals surface area contributed by atoms with E-state index >= 15 is 0 Å². The number of hydrogen-bond acceptors (Lipinski definition) is 26. The Kier molecular flexibility index (Phi) is 50.8. The van der Waals surface area contributed by atoms with Crippen molar-refractivity contribution in [2.75, 3.05) is 105 Å². The highest BCUT2D eigenvalue weighted by molar-refractivity contribution is 5.98. The minimum atomic E-state index is -1.51. The fraction of sp³-hybridized carbons (Fsp3) is 0.805. The molecule has 0 aromatic carbocycles. The zero-order valence-electron chi connectivity index (χ0n) is 71.6. The van der Waals surface area contributed by atoms with Crippen LogP contribution in [-0.2, 0) is 57.5 Å². The molecule has 1 unspecified atom stereocenters. The summed E-state index contributed by atoms with van der Waals surface area (Å²) in [5, 5.41) is 59.2.